The van der Waals surface area contributed by atoms with Crippen molar-refractivity contribution in [1.29, 1.82) is 0 Å². The van der Waals surface area contributed by atoms with Crippen LogP contribution in [0.2, 0.25) is 0 Å². The Morgan fingerprint density at radius 3 is 2.50 bits per heavy atom. The molecular weight excluding hydrogens is 230 g/mol. The molecule has 0 radical (unpaired) electrons. The second-order valence-corrected chi connectivity index (χ2v) is 5.94. The van der Waals surface area contributed by atoms with Crippen LogP contribution in [0.1, 0.15) is 33.6 Å². The third kappa shape index (κ3) is 3.45. The smallest absolute Gasteiger partial charge is 0.244 e. The SMILES string of the molecule is CC(NC(=O)C1NCCCC1(C)C)C(=O)N(C)C. The van der Waals surface area contributed by atoms with Crippen molar-refractivity contribution in [2.75, 3.05) is 20.6 Å². The van der Waals surface area contributed by atoms with Crippen molar-refractivity contribution in [3.05, 3.63) is 0 Å². The lowest BCUT2D eigenvalue weighted by atomic mass is 9.77. The van der Waals surface area contributed by atoms with Gasteiger partial charge in [-0.15, -0.1) is 0 Å². The molecule has 0 bridgehead atoms. The van der Waals surface area contributed by atoms with Gasteiger partial charge in [0, 0.05) is 14.1 Å². The molecule has 2 amide bonds. The van der Waals surface area contributed by atoms with Crippen LogP contribution in [0.15, 0.2) is 0 Å². The van der Waals surface area contributed by atoms with Gasteiger partial charge in [0.15, 0.2) is 0 Å². The second kappa shape index (κ2) is 5.69. The Hall–Kier alpha value is -1.10. The summed E-state index contributed by atoms with van der Waals surface area (Å²) >= 11 is 0. The van der Waals surface area contributed by atoms with E-state index in [4.69, 9.17) is 0 Å². The van der Waals surface area contributed by atoms with E-state index in [2.05, 4.69) is 24.5 Å². The van der Waals surface area contributed by atoms with E-state index in [9.17, 15) is 9.59 Å². The molecule has 18 heavy (non-hydrogen) atoms. The van der Waals surface area contributed by atoms with Gasteiger partial charge in [-0.3, -0.25) is 9.59 Å². The largest absolute Gasteiger partial charge is 0.347 e. The van der Waals surface area contributed by atoms with Crippen LogP contribution in [0, 0.1) is 5.41 Å². The Balaban J connectivity index is 2.62. The number of amides is 2. The first-order chi connectivity index (χ1) is 8.25. The zero-order chi connectivity index (χ0) is 13.9. The minimum absolute atomic E-state index is 0.0663. The Kier molecular flexibility index (Phi) is 4.73. The van der Waals surface area contributed by atoms with Gasteiger partial charge >= 0.3 is 0 Å². The zero-order valence-electron chi connectivity index (χ0n) is 12.0. The van der Waals surface area contributed by atoms with E-state index in [1.165, 1.54) is 4.90 Å². The lowest BCUT2D eigenvalue weighted by Crippen LogP contribution is -2.58. The summed E-state index contributed by atoms with van der Waals surface area (Å²) < 4.78 is 0. The van der Waals surface area contributed by atoms with Gasteiger partial charge < -0.3 is 15.5 Å². The maximum absolute atomic E-state index is 12.2. The topological polar surface area (TPSA) is 61.4 Å². The van der Waals surface area contributed by atoms with E-state index in [0.29, 0.717) is 0 Å². The van der Waals surface area contributed by atoms with Crippen LogP contribution in [0.4, 0.5) is 0 Å². The molecule has 0 spiro atoms. The van der Waals surface area contributed by atoms with E-state index in [1.54, 1.807) is 21.0 Å². The summed E-state index contributed by atoms with van der Waals surface area (Å²) in [5.41, 5.74) is -0.0663. The molecule has 5 nitrogen and oxygen atoms in total. The summed E-state index contributed by atoms with van der Waals surface area (Å²) in [5.74, 6) is -0.167. The molecule has 5 heteroatoms. The summed E-state index contributed by atoms with van der Waals surface area (Å²) in [4.78, 5) is 25.4. The van der Waals surface area contributed by atoms with E-state index in [-0.39, 0.29) is 23.3 Å². The van der Waals surface area contributed by atoms with Gasteiger partial charge in [-0.05, 0) is 31.7 Å². The number of rotatable bonds is 3. The van der Waals surface area contributed by atoms with Crippen LogP contribution >= 0.6 is 0 Å². The van der Waals surface area contributed by atoms with Crippen molar-refractivity contribution >= 4 is 11.8 Å². The van der Waals surface area contributed by atoms with Crippen LogP contribution < -0.4 is 10.6 Å². The standard InChI is InChI=1S/C13H25N3O2/c1-9(12(18)16(4)5)15-11(17)10-13(2,3)7-6-8-14-10/h9-10,14H,6-8H2,1-5H3,(H,15,17). The van der Waals surface area contributed by atoms with Gasteiger partial charge in [0.1, 0.15) is 6.04 Å². The van der Waals surface area contributed by atoms with Crippen molar-refractivity contribution in [3.8, 4) is 0 Å². The molecule has 1 aliphatic heterocycles. The van der Waals surface area contributed by atoms with Crippen molar-refractivity contribution < 1.29 is 9.59 Å². The van der Waals surface area contributed by atoms with E-state index < -0.39 is 6.04 Å². The van der Waals surface area contributed by atoms with Gasteiger partial charge in [0.05, 0.1) is 6.04 Å². The van der Waals surface area contributed by atoms with Crippen LogP contribution in [0.25, 0.3) is 0 Å². The fourth-order valence-electron chi connectivity index (χ4n) is 2.40. The average molecular weight is 255 g/mol. The quantitative estimate of drug-likeness (QED) is 0.765. The zero-order valence-corrected chi connectivity index (χ0v) is 12.0. The predicted octanol–water partition coefficient (Wildman–Crippen LogP) is 0.358. The number of hydrogen-bond donors (Lipinski definition) is 2. The monoisotopic (exact) mass is 255 g/mol. The molecule has 1 aliphatic rings. The Labute approximate surface area is 109 Å². The van der Waals surface area contributed by atoms with Crippen molar-refractivity contribution in [3.63, 3.8) is 0 Å². The first-order valence-corrected chi connectivity index (χ1v) is 6.50. The third-order valence-corrected chi connectivity index (χ3v) is 3.56. The first-order valence-electron chi connectivity index (χ1n) is 6.50. The molecular formula is C13H25N3O2. The molecule has 0 aromatic rings. The predicted molar refractivity (Wildman–Crippen MR) is 71.1 cm³/mol. The lowest BCUT2D eigenvalue weighted by Gasteiger charge is -2.38. The number of nitrogens with zero attached hydrogens (tertiary/aromatic N) is 1. The molecule has 1 rings (SSSR count). The lowest BCUT2D eigenvalue weighted by molar-refractivity contribution is -0.135. The summed E-state index contributed by atoms with van der Waals surface area (Å²) in [7, 11) is 3.38. The van der Waals surface area contributed by atoms with Crippen molar-refractivity contribution in [2.45, 2.75) is 45.7 Å². The molecule has 1 fully saturated rings. The summed E-state index contributed by atoms with van der Waals surface area (Å²) in [6.45, 7) is 6.75. The molecule has 0 saturated carbocycles. The fraction of sp³-hybridized carbons (Fsp3) is 0.846. The van der Waals surface area contributed by atoms with Gasteiger partial charge in [-0.25, -0.2) is 0 Å². The number of hydrogen-bond acceptors (Lipinski definition) is 3. The molecule has 2 atom stereocenters. The molecule has 0 aromatic carbocycles. The number of nitrogens with one attached hydrogen (secondary N) is 2. The van der Waals surface area contributed by atoms with Crippen molar-refractivity contribution in [1.82, 2.24) is 15.5 Å². The number of likely N-dealkylation sites (N-methyl/N-ethyl adjacent to an activating group) is 1. The highest BCUT2D eigenvalue weighted by Crippen LogP contribution is 2.30. The van der Waals surface area contributed by atoms with Gasteiger partial charge in [0.2, 0.25) is 11.8 Å². The number of piperidine rings is 1. The molecule has 2 unspecified atom stereocenters. The summed E-state index contributed by atoms with van der Waals surface area (Å²) in [5, 5.41) is 6.04. The van der Waals surface area contributed by atoms with E-state index in [1.807, 2.05) is 0 Å². The van der Waals surface area contributed by atoms with Crippen LogP contribution in [0.3, 0.4) is 0 Å². The number of carbonyl (C=O) groups is 2. The highest BCUT2D eigenvalue weighted by atomic mass is 16.2. The average Bonchev–Trinajstić information content (AvgIpc) is 2.26. The molecule has 0 aromatic heterocycles. The second-order valence-electron chi connectivity index (χ2n) is 5.94. The molecule has 1 saturated heterocycles. The molecule has 1 heterocycles. The van der Waals surface area contributed by atoms with E-state index in [0.717, 1.165) is 19.4 Å². The van der Waals surface area contributed by atoms with E-state index >= 15 is 0 Å². The highest BCUT2D eigenvalue weighted by molar-refractivity contribution is 5.89. The first kappa shape index (κ1) is 15.0. The Morgan fingerprint density at radius 2 is 2.00 bits per heavy atom. The minimum Gasteiger partial charge on any atom is -0.347 e. The maximum Gasteiger partial charge on any atom is 0.244 e. The normalized spacial score (nSPS) is 24.2. The maximum atomic E-state index is 12.2. The summed E-state index contributed by atoms with van der Waals surface area (Å²) in [6.07, 6.45) is 2.11. The molecule has 0 aliphatic carbocycles. The minimum atomic E-state index is -0.480. The number of carbonyl (C=O) groups excluding carboxylic acids is 2. The Bertz CT molecular complexity index is 326. The molecule has 2 N–H and O–H groups in total. The van der Waals surface area contributed by atoms with Gasteiger partial charge in [-0.2, -0.15) is 0 Å². The Morgan fingerprint density at radius 1 is 1.39 bits per heavy atom. The van der Waals surface area contributed by atoms with Gasteiger partial charge in [0.25, 0.3) is 0 Å². The van der Waals surface area contributed by atoms with Crippen LogP contribution in [0.5, 0.6) is 0 Å². The summed E-state index contributed by atoms with van der Waals surface area (Å²) in [6, 6.07) is -0.698. The molecule has 104 valence electrons. The third-order valence-electron chi connectivity index (χ3n) is 3.56. The highest BCUT2D eigenvalue weighted by Gasteiger charge is 2.37. The van der Waals surface area contributed by atoms with Crippen LogP contribution in [-0.2, 0) is 9.59 Å². The van der Waals surface area contributed by atoms with Crippen LogP contribution in [-0.4, -0.2) is 49.4 Å². The van der Waals surface area contributed by atoms with Crippen molar-refractivity contribution in [2.24, 2.45) is 5.41 Å². The van der Waals surface area contributed by atoms with Gasteiger partial charge in [-0.1, -0.05) is 13.8 Å². The fourth-order valence-corrected chi connectivity index (χ4v) is 2.40.